The third kappa shape index (κ3) is 6.31. The normalized spacial score (nSPS) is 11.7. The van der Waals surface area contributed by atoms with E-state index in [2.05, 4.69) is 18.3 Å². The summed E-state index contributed by atoms with van der Waals surface area (Å²) in [5, 5.41) is 3.00. The number of aryl methyl sites for hydroxylation is 3. The van der Waals surface area contributed by atoms with Gasteiger partial charge in [-0.2, -0.15) is 0 Å². The number of carbonyl (C=O) groups excluding carboxylic acids is 1. The van der Waals surface area contributed by atoms with Gasteiger partial charge in [0.1, 0.15) is 11.5 Å². The molecule has 0 spiro atoms. The summed E-state index contributed by atoms with van der Waals surface area (Å²) in [5.41, 5.74) is 3.55. The van der Waals surface area contributed by atoms with Crippen LogP contribution in [0.4, 0.5) is 0 Å². The van der Waals surface area contributed by atoms with E-state index in [1.54, 1.807) is 0 Å². The molecular formula is C23H31NO3. The van der Waals surface area contributed by atoms with E-state index in [1.165, 1.54) is 11.1 Å². The Kier molecular flexibility index (Phi) is 8.18. The highest BCUT2D eigenvalue weighted by Gasteiger charge is 2.18. The zero-order valence-electron chi connectivity index (χ0n) is 16.9. The van der Waals surface area contributed by atoms with Gasteiger partial charge in [0.2, 0.25) is 0 Å². The molecule has 27 heavy (non-hydrogen) atoms. The number of hydrogen-bond donors (Lipinski definition) is 1. The number of carbonyl (C=O) groups is 1. The van der Waals surface area contributed by atoms with E-state index < -0.39 is 6.10 Å². The van der Waals surface area contributed by atoms with E-state index in [0.29, 0.717) is 19.6 Å². The smallest absolute Gasteiger partial charge is 0.261 e. The van der Waals surface area contributed by atoms with Crippen molar-refractivity contribution in [3.05, 3.63) is 59.2 Å². The van der Waals surface area contributed by atoms with Crippen LogP contribution < -0.4 is 14.8 Å². The highest BCUT2D eigenvalue weighted by atomic mass is 16.5. The lowest BCUT2D eigenvalue weighted by atomic mass is 10.1. The number of para-hydroxylation sites is 1. The second-order valence-corrected chi connectivity index (χ2v) is 6.70. The maximum absolute atomic E-state index is 12.5. The molecule has 0 bridgehead atoms. The highest BCUT2D eigenvalue weighted by Crippen LogP contribution is 2.20. The molecule has 4 heteroatoms. The summed E-state index contributed by atoms with van der Waals surface area (Å²) in [5.74, 6) is 1.61. The van der Waals surface area contributed by atoms with Crippen LogP contribution in [0.15, 0.2) is 42.5 Å². The fraction of sp³-hybridized carbons (Fsp3) is 0.435. The van der Waals surface area contributed by atoms with Crippen LogP contribution in [0.3, 0.4) is 0 Å². The van der Waals surface area contributed by atoms with Gasteiger partial charge in [0.05, 0.1) is 6.61 Å². The van der Waals surface area contributed by atoms with Crippen molar-refractivity contribution in [3.8, 4) is 11.5 Å². The summed E-state index contributed by atoms with van der Waals surface area (Å²) >= 11 is 0. The molecule has 1 unspecified atom stereocenters. The molecular weight excluding hydrogens is 338 g/mol. The Morgan fingerprint density at radius 2 is 1.85 bits per heavy atom. The lowest BCUT2D eigenvalue weighted by molar-refractivity contribution is -0.128. The van der Waals surface area contributed by atoms with Gasteiger partial charge in [-0.3, -0.25) is 4.79 Å². The molecule has 0 heterocycles. The van der Waals surface area contributed by atoms with Crippen LogP contribution in [0.25, 0.3) is 0 Å². The standard InChI is InChI=1S/C23H31NO3/c1-5-21(27-20-14-13-17(3)18(4)16-20)23(25)24-15-9-11-19-10-7-8-12-22(19)26-6-2/h7-8,10,12-14,16,21H,5-6,9,11,15H2,1-4H3,(H,24,25). The van der Waals surface area contributed by atoms with Crippen molar-refractivity contribution in [3.63, 3.8) is 0 Å². The minimum absolute atomic E-state index is 0.0613. The third-order valence-corrected chi connectivity index (χ3v) is 4.61. The van der Waals surface area contributed by atoms with E-state index in [-0.39, 0.29) is 5.91 Å². The average molecular weight is 370 g/mol. The molecule has 1 atom stereocenters. The molecule has 0 radical (unpaired) electrons. The second kappa shape index (κ2) is 10.6. The maximum Gasteiger partial charge on any atom is 0.261 e. The highest BCUT2D eigenvalue weighted by molar-refractivity contribution is 5.81. The first-order valence-electron chi connectivity index (χ1n) is 9.77. The van der Waals surface area contributed by atoms with Crippen molar-refractivity contribution >= 4 is 5.91 Å². The maximum atomic E-state index is 12.5. The molecule has 2 aromatic carbocycles. The van der Waals surface area contributed by atoms with E-state index in [4.69, 9.17) is 9.47 Å². The Morgan fingerprint density at radius 1 is 1.07 bits per heavy atom. The van der Waals surface area contributed by atoms with Gasteiger partial charge in [0.15, 0.2) is 6.10 Å². The zero-order chi connectivity index (χ0) is 19.6. The molecule has 0 aliphatic rings. The van der Waals surface area contributed by atoms with Crippen molar-refractivity contribution in [2.45, 2.75) is 53.1 Å². The van der Waals surface area contributed by atoms with Gasteiger partial charge < -0.3 is 14.8 Å². The first-order valence-corrected chi connectivity index (χ1v) is 9.77. The quantitative estimate of drug-likeness (QED) is 0.622. The van der Waals surface area contributed by atoms with Crippen LogP contribution >= 0.6 is 0 Å². The summed E-state index contributed by atoms with van der Waals surface area (Å²) in [6, 6.07) is 14.0. The van der Waals surface area contributed by atoms with E-state index in [9.17, 15) is 4.79 Å². The van der Waals surface area contributed by atoms with Crippen molar-refractivity contribution in [1.29, 1.82) is 0 Å². The van der Waals surface area contributed by atoms with Crippen LogP contribution in [0.1, 0.15) is 43.4 Å². The largest absolute Gasteiger partial charge is 0.494 e. The number of amides is 1. The molecule has 146 valence electrons. The molecule has 0 fully saturated rings. The van der Waals surface area contributed by atoms with Crippen LogP contribution in [0.5, 0.6) is 11.5 Å². The van der Waals surface area contributed by atoms with Gasteiger partial charge in [-0.05, 0) is 74.9 Å². The van der Waals surface area contributed by atoms with Crippen molar-refractivity contribution in [2.75, 3.05) is 13.2 Å². The third-order valence-electron chi connectivity index (χ3n) is 4.61. The average Bonchev–Trinajstić information content (AvgIpc) is 2.67. The van der Waals surface area contributed by atoms with Gasteiger partial charge in [-0.1, -0.05) is 31.2 Å². The van der Waals surface area contributed by atoms with Crippen LogP contribution in [0.2, 0.25) is 0 Å². The first-order chi connectivity index (χ1) is 13.0. The number of ether oxygens (including phenoxy) is 2. The van der Waals surface area contributed by atoms with Crippen molar-refractivity contribution in [1.82, 2.24) is 5.32 Å². The lowest BCUT2D eigenvalue weighted by Crippen LogP contribution is -2.38. The van der Waals surface area contributed by atoms with Gasteiger partial charge >= 0.3 is 0 Å². The minimum Gasteiger partial charge on any atom is -0.494 e. The second-order valence-electron chi connectivity index (χ2n) is 6.70. The van der Waals surface area contributed by atoms with E-state index in [1.807, 2.05) is 57.2 Å². The predicted octanol–water partition coefficient (Wildman–Crippen LogP) is 4.61. The number of hydrogen-bond acceptors (Lipinski definition) is 3. The molecule has 1 N–H and O–H groups in total. The van der Waals surface area contributed by atoms with Gasteiger partial charge in [0, 0.05) is 6.54 Å². The van der Waals surface area contributed by atoms with Gasteiger partial charge in [-0.25, -0.2) is 0 Å². The van der Waals surface area contributed by atoms with E-state index >= 15 is 0 Å². The molecule has 0 saturated heterocycles. The monoisotopic (exact) mass is 369 g/mol. The zero-order valence-corrected chi connectivity index (χ0v) is 16.9. The Balaban J connectivity index is 1.82. The van der Waals surface area contributed by atoms with Crippen molar-refractivity contribution < 1.29 is 14.3 Å². The summed E-state index contributed by atoms with van der Waals surface area (Å²) in [7, 11) is 0. The Bertz CT molecular complexity index is 742. The van der Waals surface area contributed by atoms with Crippen LogP contribution in [-0.2, 0) is 11.2 Å². The Labute approximate surface area is 162 Å². The lowest BCUT2D eigenvalue weighted by Gasteiger charge is -2.18. The predicted molar refractivity (Wildman–Crippen MR) is 110 cm³/mol. The van der Waals surface area contributed by atoms with Crippen LogP contribution in [0, 0.1) is 13.8 Å². The molecule has 4 nitrogen and oxygen atoms in total. The number of nitrogens with one attached hydrogen (secondary N) is 1. The summed E-state index contributed by atoms with van der Waals surface area (Å²) in [4.78, 5) is 12.5. The van der Waals surface area contributed by atoms with E-state index in [0.717, 1.165) is 29.9 Å². The number of rotatable bonds is 10. The summed E-state index contributed by atoms with van der Waals surface area (Å²) < 4.78 is 11.5. The topological polar surface area (TPSA) is 47.6 Å². The number of benzene rings is 2. The molecule has 0 saturated carbocycles. The summed E-state index contributed by atoms with van der Waals surface area (Å²) in [6.07, 6.45) is 1.88. The molecule has 0 aromatic heterocycles. The molecule has 0 aliphatic carbocycles. The molecule has 0 aliphatic heterocycles. The first kappa shape index (κ1) is 20.8. The SMILES string of the molecule is CCOc1ccccc1CCCNC(=O)C(CC)Oc1ccc(C)c(C)c1. The summed E-state index contributed by atoms with van der Waals surface area (Å²) in [6.45, 7) is 9.32. The fourth-order valence-corrected chi connectivity index (χ4v) is 2.88. The fourth-order valence-electron chi connectivity index (χ4n) is 2.88. The Morgan fingerprint density at radius 3 is 2.56 bits per heavy atom. The Hall–Kier alpha value is -2.49. The van der Waals surface area contributed by atoms with Gasteiger partial charge in [-0.15, -0.1) is 0 Å². The molecule has 2 rings (SSSR count). The minimum atomic E-state index is -0.470. The molecule has 1 amide bonds. The van der Waals surface area contributed by atoms with Crippen molar-refractivity contribution in [2.24, 2.45) is 0 Å². The van der Waals surface area contributed by atoms with Gasteiger partial charge in [0.25, 0.3) is 5.91 Å². The van der Waals surface area contributed by atoms with Crippen LogP contribution in [-0.4, -0.2) is 25.2 Å². The molecule has 2 aromatic rings.